The number of sulfonamides is 1. The van der Waals surface area contributed by atoms with E-state index in [2.05, 4.69) is 9.59 Å². The van der Waals surface area contributed by atoms with Gasteiger partial charge < -0.3 is 9.47 Å². The van der Waals surface area contributed by atoms with Gasteiger partial charge in [0.1, 0.15) is 28.0 Å². The molecule has 1 aliphatic heterocycles. The van der Waals surface area contributed by atoms with Gasteiger partial charge in [0, 0.05) is 24.6 Å². The van der Waals surface area contributed by atoms with Crippen molar-refractivity contribution in [1.82, 2.24) is 13.9 Å². The standard InChI is InChI=1S/C17H20ClN3O5S2/c1-25-15-7-6-12(28(23,24)21-8-4-2-3-5-9-21)10-13(15)17(22)26-11-14-16(18)27-20-19-14/h6-7,10H,2-5,8-9,11H2,1H3. The van der Waals surface area contributed by atoms with Crippen molar-refractivity contribution in [2.24, 2.45) is 0 Å². The molecule has 0 atom stereocenters. The maximum atomic E-state index is 13.0. The maximum absolute atomic E-state index is 13.0. The molecule has 0 unspecified atom stereocenters. The first-order valence-electron chi connectivity index (χ1n) is 8.75. The molecule has 1 aromatic heterocycles. The van der Waals surface area contributed by atoms with Crippen molar-refractivity contribution in [3.05, 3.63) is 33.8 Å². The molecule has 0 N–H and O–H groups in total. The van der Waals surface area contributed by atoms with Crippen LogP contribution in [-0.4, -0.2) is 48.5 Å². The summed E-state index contributed by atoms with van der Waals surface area (Å²) in [4.78, 5) is 12.6. The molecule has 0 amide bonds. The van der Waals surface area contributed by atoms with E-state index in [-0.39, 0.29) is 22.8 Å². The van der Waals surface area contributed by atoms with E-state index in [9.17, 15) is 13.2 Å². The van der Waals surface area contributed by atoms with Gasteiger partial charge >= 0.3 is 5.97 Å². The highest BCUT2D eigenvalue weighted by atomic mass is 35.5. The van der Waals surface area contributed by atoms with Crippen LogP contribution in [0.1, 0.15) is 41.7 Å². The number of esters is 1. The molecule has 152 valence electrons. The highest BCUT2D eigenvalue weighted by molar-refractivity contribution is 7.89. The predicted octanol–water partition coefficient (Wildman–Crippen LogP) is 3.12. The van der Waals surface area contributed by atoms with Gasteiger partial charge in [-0.1, -0.05) is 28.9 Å². The Morgan fingerprint density at radius 1 is 1.25 bits per heavy atom. The van der Waals surface area contributed by atoms with E-state index in [4.69, 9.17) is 21.1 Å². The SMILES string of the molecule is COc1ccc(S(=O)(=O)N2CCCCCC2)cc1C(=O)OCc1nnsc1Cl. The van der Waals surface area contributed by atoms with Crippen molar-refractivity contribution >= 4 is 39.1 Å². The third kappa shape index (κ3) is 4.62. The number of methoxy groups -OCH3 is 1. The van der Waals surface area contributed by atoms with Crippen LogP contribution in [0.5, 0.6) is 5.75 Å². The van der Waals surface area contributed by atoms with Crippen LogP contribution in [0.4, 0.5) is 0 Å². The quantitative estimate of drug-likeness (QED) is 0.630. The largest absolute Gasteiger partial charge is 0.496 e. The lowest BCUT2D eigenvalue weighted by molar-refractivity contribution is 0.0464. The third-order valence-electron chi connectivity index (χ3n) is 4.44. The minimum absolute atomic E-state index is 0.0257. The molecule has 28 heavy (non-hydrogen) atoms. The zero-order chi connectivity index (χ0) is 20.1. The zero-order valence-electron chi connectivity index (χ0n) is 15.3. The Morgan fingerprint density at radius 3 is 2.57 bits per heavy atom. The van der Waals surface area contributed by atoms with Crippen molar-refractivity contribution in [2.75, 3.05) is 20.2 Å². The van der Waals surface area contributed by atoms with Gasteiger partial charge in [0.15, 0.2) is 0 Å². The monoisotopic (exact) mass is 445 g/mol. The van der Waals surface area contributed by atoms with Gasteiger partial charge in [-0.25, -0.2) is 13.2 Å². The van der Waals surface area contributed by atoms with E-state index >= 15 is 0 Å². The van der Waals surface area contributed by atoms with E-state index in [0.29, 0.717) is 23.1 Å². The number of hydrogen-bond donors (Lipinski definition) is 0. The molecule has 1 aliphatic rings. The average molecular weight is 446 g/mol. The van der Waals surface area contributed by atoms with Crippen LogP contribution >= 0.6 is 23.1 Å². The minimum atomic E-state index is -3.70. The van der Waals surface area contributed by atoms with Gasteiger partial charge in [-0.15, -0.1) is 5.10 Å². The number of carbonyl (C=O) groups is 1. The number of aromatic nitrogens is 2. The highest BCUT2D eigenvalue weighted by Gasteiger charge is 2.27. The van der Waals surface area contributed by atoms with Crippen LogP contribution in [0.25, 0.3) is 0 Å². The van der Waals surface area contributed by atoms with Crippen molar-refractivity contribution in [1.29, 1.82) is 0 Å². The van der Waals surface area contributed by atoms with Crippen molar-refractivity contribution in [3.63, 3.8) is 0 Å². The highest BCUT2D eigenvalue weighted by Crippen LogP contribution is 2.27. The molecule has 8 nitrogen and oxygen atoms in total. The van der Waals surface area contributed by atoms with E-state index in [1.165, 1.54) is 29.6 Å². The molecule has 3 rings (SSSR count). The van der Waals surface area contributed by atoms with Gasteiger partial charge in [-0.2, -0.15) is 4.31 Å². The average Bonchev–Trinajstić information content (AvgIpc) is 2.93. The summed E-state index contributed by atoms with van der Waals surface area (Å²) in [6.07, 6.45) is 3.68. The molecular weight excluding hydrogens is 426 g/mol. The van der Waals surface area contributed by atoms with Crippen LogP contribution < -0.4 is 4.74 Å². The number of ether oxygens (including phenoxy) is 2. The maximum Gasteiger partial charge on any atom is 0.342 e. The van der Waals surface area contributed by atoms with Crippen molar-refractivity contribution in [3.8, 4) is 5.75 Å². The van der Waals surface area contributed by atoms with Crippen molar-refractivity contribution in [2.45, 2.75) is 37.2 Å². The minimum Gasteiger partial charge on any atom is -0.496 e. The number of carbonyl (C=O) groups excluding carboxylic acids is 1. The summed E-state index contributed by atoms with van der Waals surface area (Å²) in [7, 11) is -2.30. The Kier molecular flexibility index (Phi) is 6.86. The van der Waals surface area contributed by atoms with Gasteiger partial charge in [-0.05, 0) is 31.0 Å². The lowest BCUT2D eigenvalue weighted by atomic mass is 10.2. The van der Waals surface area contributed by atoms with Gasteiger partial charge in [-0.3, -0.25) is 0 Å². The Labute approximate surface area is 172 Å². The predicted molar refractivity (Wildman–Crippen MR) is 104 cm³/mol. The first-order valence-corrected chi connectivity index (χ1v) is 11.3. The second kappa shape index (κ2) is 9.17. The van der Waals surface area contributed by atoms with E-state index in [0.717, 1.165) is 37.2 Å². The molecule has 0 bridgehead atoms. The molecule has 1 saturated heterocycles. The molecule has 1 aromatic carbocycles. The lowest BCUT2D eigenvalue weighted by Crippen LogP contribution is -2.32. The second-order valence-electron chi connectivity index (χ2n) is 6.25. The number of rotatable bonds is 6. The van der Waals surface area contributed by atoms with Crippen LogP contribution in [-0.2, 0) is 21.4 Å². The van der Waals surface area contributed by atoms with E-state index in [1.54, 1.807) is 0 Å². The molecule has 0 saturated carbocycles. The summed E-state index contributed by atoms with van der Waals surface area (Å²) in [6, 6.07) is 4.19. The van der Waals surface area contributed by atoms with Crippen LogP contribution in [0, 0.1) is 0 Å². The second-order valence-corrected chi connectivity index (χ2v) is 9.54. The van der Waals surface area contributed by atoms with E-state index in [1.807, 2.05) is 0 Å². The Balaban J connectivity index is 1.84. The molecule has 11 heteroatoms. The number of halogens is 1. The molecular formula is C17H20ClN3O5S2. The molecule has 2 heterocycles. The van der Waals surface area contributed by atoms with Crippen LogP contribution in [0.15, 0.2) is 23.1 Å². The van der Waals surface area contributed by atoms with Gasteiger partial charge in [0.25, 0.3) is 0 Å². The topological polar surface area (TPSA) is 98.7 Å². The molecule has 0 aliphatic carbocycles. The van der Waals surface area contributed by atoms with Gasteiger partial charge in [0.2, 0.25) is 10.0 Å². The van der Waals surface area contributed by atoms with Gasteiger partial charge in [0.05, 0.1) is 12.0 Å². The fraction of sp³-hybridized carbons (Fsp3) is 0.471. The summed E-state index contributed by atoms with van der Waals surface area (Å²) in [6.45, 7) is 0.785. The summed E-state index contributed by atoms with van der Waals surface area (Å²) in [5.74, 6) is -0.504. The first-order chi connectivity index (χ1) is 13.4. The third-order valence-corrected chi connectivity index (χ3v) is 7.32. The Morgan fingerprint density at radius 2 is 1.96 bits per heavy atom. The van der Waals surface area contributed by atoms with Crippen LogP contribution in [0.3, 0.4) is 0 Å². The van der Waals surface area contributed by atoms with Crippen LogP contribution in [0.2, 0.25) is 4.34 Å². The number of nitrogens with zero attached hydrogens (tertiary/aromatic N) is 3. The Bertz CT molecular complexity index is 940. The molecule has 2 aromatic rings. The molecule has 1 fully saturated rings. The molecule has 0 radical (unpaired) electrons. The van der Waals surface area contributed by atoms with Crippen molar-refractivity contribution < 1.29 is 22.7 Å². The number of benzene rings is 1. The summed E-state index contributed by atoms with van der Waals surface area (Å²) in [5.41, 5.74) is 0.366. The fourth-order valence-corrected chi connectivity index (χ4v) is 5.08. The summed E-state index contributed by atoms with van der Waals surface area (Å²) in [5, 5.41) is 3.78. The molecule has 0 spiro atoms. The zero-order valence-corrected chi connectivity index (χ0v) is 17.6. The first kappa shape index (κ1) is 21.0. The normalized spacial score (nSPS) is 15.8. The fourth-order valence-electron chi connectivity index (χ4n) is 2.93. The number of hydrogen-bond acceptors (Lipinski definition) is 8. The Hall–Kier alpha value is -1.75. The van der Waals surface area contributed by atoms with E-state index < -0.39 is 16.0 Å². The smallest absolute Gasteiger partial charge is 0.342 e. The lowest BCUT2D eigenvalue weighted by Gasteiger charge is -2.20. The summed E-state index contributed by atoms with van der Waals surface area (Å²) >= 11 is 6.89. The summed E-state index contributed by atoms with van der Waals surface area (Å²) < 4.78 is 41.9.